The SMILES string of the molecule is O=C(OCC(=O)N1CCc2ccccc2C1)c1cc2ccccc2cc1O. The van der Waals surface area contributed by atoms with Gasteiger partial charge in [0, 0.05) is 13.1 Å². The summed E-state index contributed by atoms with van der Waals surface area (Å²) in [6, 6.07) is 18.5. The highest BCUT2D eigenvalue weighted by Gasteiger charge is 2.22. The number of hydrogen-bond acceptors (Lipinski definition) is 4. The monoisotopic (exact) mass is 361 g/mol. The highest BCUT2D eigenvalue weighted by atomic mass is 16.5. The fraction of sp³-hybridized carbons (Fsp3) is 0.182. The fourth-order valence-electron chi connectivity index (χ4n) is 3.40. The number of fused-ring (bicyclic) bond motifs is 2. The number of aromatic hydroxyl groups is 1. The predicted molar refractivity (Wildman–Crippen MR) is 101 cm³/mol. The molecule has 5 heteroatoms. The molecule has 0 fully saturated rings. The average molecular weight is 361 g/mol. The molecule has 3 aromatic rings. The molecule has 0 saturated heterocycles. The van der Waals surface area contributed by atoms with Crippen LogP contribution in [-0.4, -0.2) is 35.0 Å². The largest absolute Gasteiger partial charge is 0.507 e. The third-order valence-corrected chi connectivity index (χ3v) is 4.89. The highest BCUT2D eigenvalue weighted by Crippen LogP contribution is 2.25. The van der Waals surface area contributed by atoms with E-state index in [1.807, 2.05) is 42.5 Å². The summed E-state index contributed by atoms with van der Waals surface area (Å²) in [5.41, 5.74) is 2.43. The zero-order valence-electron chi connectivity index (χ0n) is 14.7. The Balaban J connectivity index is 1.42. The van der Waals surface area contributed by atoms with Crippen molar-refractivity contribution in [2.75, 3.05) is 13.2 Å². The van der Waals surface area contributed by atoms with Gasteiger partial charge in [-0.25, -0.2) is 4.79 Å². The lowest BCUT2D eigenvalue weighted by Crippen LogP contribution is -2.38. The minimum Gasteiger partial charge on any atom is -0.507 e. The van der Waals surface area contributed by atoms with E-state index in [1.54, 1.807) is 11.0 Å². The van der Waals surface area contributed by atoms with Crippen molar-refractivity contribution in [2.24, 2.45) is 0 Å². The highest BCUT2D eigenvalue weighted by molar-refractivity contribution is 5.99. The summed E-state index contributed by atoms with van der Waals surface area (Å²) >= 11 is 0. The summed E-state index contributed by atoms with van der Waals surface area (Å²) < 4.78 is 5.17. The first-order valence-electron chi connectivity index (χ1n) is 8.85. The van der Waals surface area contributed by atoms with Gasteiger partial charge in [0.15, 0.2) is 6.61 Å². The predicted octanol–water partition coefficient (Wildman–Crippen LogP) is 3.29. The first kappa shape index (κ1) is 17.1. The molecule has 0 bridgehead atoms. The van der Waals surface area contributed by atoms with Crippen LogP contribution in [0.15, 0.2) is 60.7 Å². The van der Waals surface area contributed by atoms with Gasteiger partial charge in [-0.1, -0.05) is 48.5 Å². The van der Waals surface area contributed by atoms with E-state index in [9.17, 15) is 14.7 Å². The van der Waals surface area contributed by atoms with Gasteiger partial charge in [0.1, 0.15) is 11.3 Å². The van der Waals surface area contributed by atoms with Crippen LogP contribution in [0, 0.1) is 0 Å². The number of carbonyl (C=O) groups excluding carboxylic acids is 2. The Labute approximate surface area is 156 Å². The maximum Gasteiger partial charge on any atom is 0.342 e. The lowest BCUT2D eigenvalue weighted by atomic mass is 10.00. The van der Waals surface area contributed by atoms with E-state index < -0.39 is 5.97 Å². The van der Waals surface area contributed by atoms with Crippen LogP contribution in [0.1, 0.15) is 21.5 Å². The second-order valence-corrected chi connectivity index (χ2v) is 6.63. The molecule has 27 heavy (non-hydrogen) atoms. The summed E-state index contributed by atoms with van der Waals surface area (Å²) in [5.74, 6) is -1.10. The minimum absolute atomic E-state index is 0.0606. The van der Waals surface area contributed by atoms with Crippen molar-refractivity contribution >= 4 is 22.6 Å². The molecule has 3 aromatic carbocycles. The molecule has 0 spiro atoms. The van der Waals surface area contributed by atoms with Crippen molar-refractivity contribution < 1.29 is 19.4 Å². The van der Waals surface area contributed by atoms with E-state index >= 15 is 0 Å². The van der Waals surface area contributed by atoms with Crippen molar-refractivity contribution in [1.29, 1.82) is 0 Å². The zero-order valence-corrected chi connectivity index (χ0v) is 14.7. The molecular formula is C22H19NO4. The quantitative estimate of drug-likeness (QED) is 0.727. The van der Waals surface area contributed by atoms with Crippen LogP contribution in [-0.2, 0) is 22.5 Å². The van der Waals surface area contributed by atoms with Gasteiger partial charge < -0.3 is 14.7 Å². The van der Waals surface area contributed by atoms with Crippen molar-refractivity contribution in [3.8, 4) is 5.75 Å². The Morgan fingerprint density at radius 2 is 1.63 bits per heavy atom. The van der Waals surface area contributed by atoms with Crippen molar-refractivity contribution in [1.82, 2.24) is 4.90 Å². The topological polar surface area (TPSA) is 66.8 Å². The summed E-state index contributed by atoms with van der Waals surface area (Å²) in [6.45, 7) is 0.787. The second kappa shape index (κ2) is 7.11. The van der Waals surface area contributed by atoms with E-state index in [4.69, 9.17) is 4.74 Å². The summed E-state index contributed by atoms with van der Waals surface area (Å²) in [4.78, 5) is 26.5. The second-order valence-electron chi connectivity index (χ2n) is 6.63. The Morgan fingerprint density at radius 1 is 0.963 bits per heavy atom. The van der Waals surface area contributed by atoms with Gasteiger partial charge in [-0.2, -0.15) is 0 Å². The molecule has 0 atom stereocenters. The number of esters is 1. The van der Waals surface area contributed by atoms with E-state index in [0.717, 1.165) is 22.8 Å². The third-order valence-electron chi connectivity index (χ3n) is 4.89. The average Bonchev–Trinajstić information content (AvgIpc) is 2.70. The molecule has 5 nitrogen and oxygen atoms in total. The fourth-order valence-corrected chi connectivity index (χ4v) is 3.40. The lowest BCUT2D eigenvalue weighted by molar-refractivity contribution is -0.135. The Hall–Kier alpha value is -3.34. The number of benzene rings is 3. The normalized spacial score (nSPS) is 13.3. The van der Waals surface area contributed by atoms with Gasteiger partial charge in [0.25, 0.3) is 5.91 Å². The van der Waals surface area contributed by atoms with E-state index in [2.05, 4.69) is 6.07 Å². The number of phenols is 1. The number of hydrogen-bond donors (Lipinski definition) is 1. The molecule has 1 aliphatic heterocycles. The van der Waals surface area contributed by atoms with Gasteiger partial charge in [-0.3, -0.25) is 4.79 Å². The molecule has 0 radical (unpaired) electrons. The van der Waals surface area contributed by atoms with Crippen LogP contribution in [0.5, 0.6) is 5.75 Å². The van der Waals surface area contributed by atoms with E-state index in [1.165, 1.54) is 11.6 Å². The molecule has 1 amide bonds. The Morgan fingerprint density at radius 3 is 2.41 bits per heavy atom. The molecule has 1 heterocycles. The van der Waals surface area contributed by atoms with E-state index in [-0.39, 0.29) is 23.8 Å². The molecule has 1 aliphatic rings. The van der Waals surface area contributed by atoms with Crippen molar-refractivity contribution in [3.63, 3.8) is 0 Å². The number of nitrogens with zero attached hydrogens (tertiary/aromatic N) is 1. The smallest absolute Gasteiger partial charge is 0.342 e. The molecule has 0 aromatic heterocycles. The number of ether oxygens (including phenoxy) is 1. The molecule has 0 saturated carbocycles. The van der Waals surface area contributed by atoms with Gasteiger partial charge in [-0.05, 0) is 40.5 Å². The Bertz CT molecular complexity index is 1030. The van der Waals surface area contributed by atoms with Crippen LogP contribution in [0.25, 0.3) is 10.8 Å². The lowest BCUT2D eigenvalue weighted by Gasteiger charge is -2.28. The van der Waals surface area contributed by atoms with Crippen LogP contribution in [0.4, 0.5) is 0 Å². The standard InChI is InChI=1S/C22H19NO4/c24-20-12-17-7-3-2-6-16(17)11-19(20)22(26)27-14-21(25)23-10-9-15-5-1-4-8-18(15)13-23/h1-8,11-12,24H,9-10,13-14H2. The van der Waals surface area contributed by atoms with Crippen LogP contribution >= 0.6 is 0 Å². The molecule has 136 valence electrons. The van der Waals surface area contributed by atoms with Crippen LogP contribution < -0.4 is 0 Å². The number of carbonyl (C=O) groups is 2. The molecule has 0 unspecified atom stereocenters. The molecule has 0 aliphatic carbocycles. The molecule has 4 rings (SSSR count). The molecular weight excluding hydrogens is 342 g/mol. The summed E-state index contributed by atoms with van der Waals surface area (Å²) in [7, 11) is 0. The summed E-state index contributed by atoms with van der Waals surface area (Å²) in [6.07, 6.45) is 0.793. The number of phenolic OH excluding ortho intramolecular Hbond substituents is 1. The van der Waals surface area contributed by atoms with Gasteiger partial charge >= 0.3 is 5.97 Å². The minimum atomic E-state index is -0.705. The van der Waals surface area contributed by atoms with Crippen LogP contribution in [0.2, 0.25) is 0 Å². The summed E-state index contributed by atoms with van der Waals surface area (Å²) in [5, 5.41) is 11.8. The van der Waals surface area contributed by atoms with Crippen molar-refractivity contribution in [2.45, 2.75) is 13.0 Å². The third kappa shape index (κ3) is 3.49. The zero-order chi connectivity index (χ0) is 18.8. The first-order chi connectivity index (χ1) is 13.1. The Kier molecular flexibility index (Phi) is 4.50. The van der Waals surface area contributed by atoms with Gasteiger partial charge in [0.2, 0.25) is 0 Å². The van der Waals surface area contributed by atoms with Crippen molar-refractivity contribution in [3.05, 3.63) is 77.4 Å². The van der Waals surface area contributed by atoms with Gasteiger partial charge in [-0.15, -0.1) is 0 Å². The molecule has 1 N–H and O–H groups in total. The van der Waals surface area contributed by atoms with Crippen LogP contribution in [0.3, 0.4) is 0 Å². The van der Waals surface area contributed by atoms with E-state index in [0.29, 0.717) is 13.1 Å². The maximum absolute atomic E-state index is 12.4. The number of rotatable bonds is 3. The first-order valence-corrected chi connectivity index (χ1v) is 8.85. The number of amides is 1. The van der Waals surface area contributed by atoms with Gasteiger partial charge in [0.05, 0.1) is 0 Å². The maximum atomic E-state index is 12.4.